The Morgan fingerprint density at radius 1 is 1.21 bits per heavy atom. The lowest BCUT2D eigenvalue weighted by Crippen LogP contribution is -2.17. The van der Waals surface area contributed by atoms with Crippen LogP contribution in [0.25, 0.3) is 11.5 Å². The maximum Gasteiger partial charge on any atom is 0.277 e. The molecule has 0 aliphatic heterocycles. The number of anilines is 1. The summed E-state index contributed by atoms with van der Waals surface area (Å²) >= 11 is 2.35. The summed E-state index contributed by atoms with van der Waals surface area (Å²) in [6.07, 6.45) is 0. The fourth-order valence-electron chi connectivity index (χ4n) is 1.86. The van der Waals surface area contributed by atoms with Gasteiger partial charge in [-0.1, -0.05) is 30.0 Å². The number of nitrogens with two attached hydrogens (primary N) is 1. The van der Waals surface area contributed by atoms with Crippen molar-refractivity contribution in [3.8, 4) is 11.5 Å². The maximum absolute atomic E-state index is 12.0. The zero-order chi connectivity index (χ0) is 16.9. The van der Waals surface area contributed by atoms with E-state index in [1.807, 2.05) is 30.3 Å². The van der Waals surface area contributed by atoms with Crippen LogP contribution in [0.1, 0.15) is 10.4 Å². The molecule has 0 atom stereocenters. The molecule has 0 bridgehead atoms. The third-order valence-corrected chi connectivity index (χ3v) is 4.59. The minimum absolute atomic E-state index is 0.0759. The number of carbonyl (C=O) groups is 2. The number of primary amides is 1. The summed E-state index contributed by atoms with van der Waals surface area (Å²) in [6.45, 7) is 0. The van der Waals surface area contributed by atoms with Crippen molar-refractivity contribution in [2.24, 2.45) is 5.73 Å². The molecule has 0 radical (unpaired) electrons. The molecule has 7 nitrogen and oxygen atoms in total. The van der Waals surface area contributed by atoms with Crippen molar-refractivity contribution in [1.29, 1.82) is 0 Å². The molecule has 9 heteroatoms. The van der Waals surface area contributed by atoms with E-state index in [1.54, 1.807) is 11.4 Å². The van der Waals surface area contributed by atoms with Crippen molar-refractivity contribution in [2.45, 2.75) is 5.22 Å². The van der Waals surface area contributed by atoms with Crippen LogP contribution >= 0.6 is 23.1 Å². The van der Waals surface area contributed by atoms with Crippen LogP contribution in [0.5, 0.6) is 0 Å². The highest BCUT2D eigenvalue weighted by molar-refractivity contribution is 7.99. The van der Waals surface area contributed by atoms with Gasteiger partial charge in [0.2, 0.25) is 11.8 Å². The summed E-state index contributed by atoms with van der Waals surface area (Å²) in [5.74, 6) is -0.396. The predicted molar refractivity (Wildman–Crippen MR) is 91.9 cm³/mol. The average molecular weight is 360 g/mol. The van der Waals surface area contributed by atoms with Crippen molar-refractivity contribution >= 4 is 39.9 Å². The number of thiophene rings is 1. The van der Waals surface area contributed by atoms with Crippen LogP contribution in [0.2, 0.25) is 0 Å². The Labute approximate surface area is 145 Å². The monoisotopic (exact) mass is 360 g/mol. The molecule has 0 spiro atoms. The minimum Gasteiger partial charge on any atom is -0.411 e. The van der Waals surface area contributed by atoms with Crippen LogP contribution in [-0.4, -0.2) is 27.8 Å². The summed E-state index contributed by atoms with van der Waals surface area (Å²) in [6, 6.07) is 10.9. The van der Waals surface area contributed by atoms with E-state index in [0.717, 1.165) is 17.3 Å². The van der Waals surface area contributed by atoms with Gasteiger partial charge in [0, 0.05) is 5.56 Å². The number of nitrogens with one attached hydrogen (secondary N) is 1. The molecule has 0 aliphatic rings. The van der Waals surface area contributed by atoms with Gasteiger partial charge in [-0.3, -0.25) is 9.59 Å². The fourth-order valence-corrected chi connectivity index (χ4v) is 3.23. The third kappa shape index (κ3) is 3.81. The molecule has 0 fully saturated rings. The lowest BCUT2D eigenvalue weighted by atomic mass is 10.2. The Morgan fingerprint density at radius 3 is 2.75 bits per heavy atom. The molecule has 0 unspecified atom stereocenters. The Morgan fingerprint density at radius 2 is 2.00 bits per heavy atom. The summed E-state index contributed by atoms with van der Waals surface area (Å²) in [5.41, 5.74) is 6.34. The Hall–Kier alpha value is -2.65. The number of amides is 2. The molecule has 3 rings (SSSR count). The van der Waals surface area contributed by atoms with Gasteiger partial charge in [-0.15, -0.1) is 21.5 Å². The zero-order valence-corrected chi connectivity index (χ0v) is 13.9. The maximum atomic E-state index is 12.0. The largest absolute Gasteiger partial charge is 0.411 e. The fraction of sp³-hybridized carbons (Fsp3) is 0.0667. The molecule has 1 aromatic carbocycles. The van der Waals surface area contributed by atoms with Crippen molar-refractivity contribution in [1.82, 2.24) is 10.2 Å². The highest BCUT2D eigenvalue weighted by Gasteiger charge is 2.14. The van der Waals surface area contributed by atoms with E-state index >= 15 is 0 Å². The number of nitrogens with zero attached hydrogens (tertiary/aromatic N) is 2. The van der Waals surface area contributed by atoms with Gasteiger partial charge >= 0.3 is 0 Å². The number of carbonyl (C=O) groups excluding carboxylic acids is 2. The molecule has 122 valence electrons. The van der Waals surface area contributed by atoms with Gasteiger partial charge in [-0.25, -0.2) is 0 Å². The first-order valence-electron chi connectivity index (χ1n) is 6.82. The first-order chi connectivity index (χ1) is 11.6. The van der Waals surface area contributed by atoms with Gasteiger partial charge < -0.3 is 15.5 Å². The normalized spacial score (nSPS) is 10.5. The van der Waals surface area contributed by atoms with Gasteiger partial charge in [-0.05, 0) is 23.6 Å². The second-order valence-electron chi connectivity index (χ2n) is 4.60. The van der Waals surface area contributed by atoms with E-state index in [-0.39, 0.29) is 11.7 Å². The summed E-state index contributed by atoms with van der Waals surface area (Å²) < 4.78 is 5.51. The molecule has 2 aromatic heterocycles. The van der Waals surface area contributed by atoms with Gasteiger partial charge in [-0.2, -0.15) is 0 Å². The molecular formula is C15H12N4O3S2. The van der Waals surface area contributed by atoms with Crippen molar-refractivity contribution in [2.75, 3.05) is 11.1 Å². The van der Waals surface area contributed by atoms with Crippen LogP contribution in [0.4, 0.5) is 5.00 Å². The van der Waals surface area contributed by atoms with Gasteiger partial charge in [0.1, 0.15) is 5.00 Å². The standard InChI is InChI=1S/C15H12N4O3S2/c16-12(21)10-6-7-23-14(10)17-11(20)8-24-15-19-18-13(22-15)9-4-2-1-3-5-9/h1-7H,8H2,(H2,16,21)(H,17,20). The zero-order valence-electron chi connectivity index (χ0n) is 12.3. The number of benzene rings is 1. The molecule has 0 aliphatic carbocycles. The molecule has 0 saturated carbocycles. The quantitative estimate of drug-likeness (QED) is 0.654. The Kier molecular flexibility index (Phi) is 4.92. The van der Waals surface area contributed by atoms with Crippen molar-refractivity contribution < 1.29 is 14.0 Å². The topological polar surface area (TPSA) is 111 Å². The molecule has 3 N–H and O–H groups in total. The van der Waals surface area contributed by atoms with E-state index in [9.17, 15) is 9.59 Å². The van der Waals surface area contributed by atoms with E-state index in [2.05, 4.69) is 15.5 Å². The highest BCUT2D eigenvalue weighted by Crippen LogP contribution is 2.25. The summed E-state index contributed by atoms with van der Waals surface area (Å²) in [4.78, 5) is 23.2. The first kappa shape index (κ1) is 16.2. The molecule has 24 heavy (non-hydrogen) atoms. The van der Waals surface area contributed by atoms with Gasteiger partial charge in [0.05, 0.1) is 11.3 Å². The number of hydrogen-bond donors (Lipinski definition) is 2. The van der Waals surface area contributed by atoms with Crippen LogP contribution in [-0.2, 0) is 4.79 Å². The van der Waals surface area contributed by atoms with Crippen molar-refractivity contribution in [3.63, 3.8) is 0 Å². The third-order valence-electron chi connectivity index (χ3n) is 2.94. The minimum atomic E-state index is -0.580. The molecule has 3 aromatic rings. The molecule has 0 saturated heterocycles. The molecular weight excluding hydrogens is 348 g/mol. The second kappa shape index (κ2) is 7.28. The van der Waals surface area contributed by atoms with E-state index < -0.39 is 5.91 Å². The second-order valence-corrected chi connectivity index (χ2v) is 6.45. The SMILES string of the molecule is NC(=O)c1ccsc1NC(=O)CSc1nnc(-c2ccccc2)o1. The van der Waals surface area contributed by atoms with E-state index in [0.29, 0.717) is 21.7 Å². The lowest BCUT2D eigenvalue weighted by Gasteiger charge is -2.02. The Bertz CT molecular complexity index is 860. The van der Waals surface area contributed by atoms with Gasteiger partial charge in [0.15, 0.2) is 0 Å². The summed E-state index contributed by atoms with van der Waals surface area (Å²) in [5, 5.41) is 12.9. The average Bonchev–Trinajstić information content (AvgIpc) is 3.23. The molecule has 2 amide bonds. The van der Waals surface area contributed by atoms with E-state index in [4.69, 9.17) is 10.2 Å². The van der Waals surface area contributed by atoms with Crippen LogP contribution in [0.3, 0.4) is 0 Å². The highest BCUT2D eigenvalue weighted by atomic mass is 32.2. The Balaban J connectivity index is 1.58. The smallest absolute Gasteiger partial charge is 0.277 e. The molecule has 2 heterocycles. The van der Waals surface area contributed by atoms with Crippen LogP contribution < -0.4 is 11.1 Å². The number of aromatic nitrogens is 2. The predicted octanol–water partition coefficient (Wildman–Crippen LogP) is 2.63. The number of hydrogen-bond acceptors (Lipinski definition) is 7. The van der Waals surface area contributed by atoms with Crippen molar-refractivity contribution in [3.05, 3.63) is 47.3 Å². The summed E-state index contributed by atoms with van der Waals surface area (Å²) in [7, 11) is 0. The first-order valence-corrected chi connectivity index (χ1v) is 8.69. The lowest BCUT2D eigenvalue weighted by molar-refractivity contribution is -0.113. The number of rotatable bonds is 6. The van der Waals surface area contributed by atoms with Crippen LogP contribution in [0.15, 0.2) is 51.4 Å². The van der Waals surface area contributed by atoms with Crippen LogP contribution in [0, 0.1) is 0 Å². The van der Waals surface area contributed by atoms with E-state index in [1.165, 1.54) is 11.3 Å². The van der Waals surface area contributed by atoms with Gasteiger partial charge in [0.25, 0.3) is 11.1 Å². The number of thioether (sulfide) groups is 1.